The number of sulfonamides is 1. The molecule has 9 heteroatoms. The molecule has 0 aliphatic heterocycles. The van der Waals surface area contributed by atoms with Gasteiger partial charge in [-0.2, -0.15) is 4.31 Å². The van der Waals surface area contributed by atoms with Crippen LogP contribution in [-0.2, 0) is 14.8 Å². The molecular weight excluding hydrogens is 396 g/mol. The van der Waals surface area contributed by atoms with E-state index in [-0.39, 0.29) is 16.6 Å². The maximum Gasteiger partial charge on any atom is 0.243 e. The summed E-state index contributed by atoms with van der Waals surface area (Å²) in [5.41, 5.74) is 1.41. The van der Waals surface area contributed by atoms with Crippen molar-refractivity contribution in [3.63, 3.8) is 0 Å². The summed E-state index contributed by atoms with van der Waals surface area (Å²) < 4.78 is 28.6. The predicted molar refractivity (Wildman–Crippen MR) is 111 cm³/mol. The van der Waals surface area contributed by atoms with Gasteiger partial charge in [0.05, 0.1) is 22.4 Å². The van der Waals surface area contributed by atoms with Gasteiger partial charge in [-0.1, -0.05) is 37.7 Å². The summed E-state index contributed by atoms with van der Waals surface area (Å²) in [6, 6.07) is 12.1. The standard InChI is InChI=1S/C19H22N4O3S2/c1-3-22(4-2)28(25,26)17-10-7-8-15(12-17)21-18(24)14-27-19-20-13-16-9-5-6-11-23(16)19/h5-13H,3-4,14H2,1-2H3,(H,21,24). The fourth-order valence-electron chi connectivity index (χ4n) is 2.80. The fraction of sp³-hybridized carbons (Fsp3) is 0.263. The molecule has 2 heterocycles. The highest BCUT2D eigenvalue weighted by atomic mass is 32.2. The number of nitrogens with one attached hydrogen (secondary N) is 1. The first-order valence-electron chi connectivity index (χ1n) is 8.90. The fourth-order valence-corrected chi connectivity index (χ4v) is 5.07. The number of thioether (sulfide) groups is 1. The number of hydrogen-bond acceptors (Lipinski definition) is 5. The molecule has 0 atom stereocenters. The summed E-state index contributed by atoms with van der Waals surface area (Å²) in [5, 5.41) is 3.49. The Bertz CT molecular complexity index is 1080. The van der Waals surface area contributed by atoms with Gasteiger partial charge in [0.25, 0.3) is 0 Å². The molecule has 2 aromatic heterocycles. The Morgan fingerprint density at radius 3 is 2.71 bits per heavy atom. The van der Waals surface area contributed by atoms with E-state index >= 15 is 0 Å². The Morgan fingerprint density at radius 1 is 1.18 bits per heavy atom. The zero-order valence-corrected chi connectivity index (χ0v) is 17.3. The molecular formula is C19H22N4O3S2. The number of carbonyl (C=O) groups excluding carboxylic acids is 1. The molecule has 28 heavy (non-hydrogen) atoms. The molecule has 0 fully saturated rings. The number of anilines is 1. The average molecular weight is 419 g/mol. The number of rotatable bonds is 8. The Hall–Kier alpha value is -2.36. The Balaban J connectivity index is 1.67. The lowest BCUT2D eigenvalue weighted by Crippen LogP contribution is -2.30. The number of pyridine rings is 1. The number of fused-ring (bicyclic) bond motifs is 1. The maximum atomic E-state index is 12.6. The summed E-state index contributed by atoms with van der Waals surface area (Å²) in [6.45, 7) is 4.38. The first-order valence-corrected chi connectivity index (χ1v) is 11.3. The summed E-state index contributed by atoms with van der Waals surface area (Å²) in [6.07, 6.45) is 3.64. The van der Waals surface area contributed by atoms with Gasteiger partial charge >= 0.3 is 0 Å². The van der Waals surface area contributed by atoms with Crippen LogP contribution in [0.4, 0.5) is 5.69 Å². The van der Waals surface area contributed by atoms with Crippen molar-refractivity contribution in [1.29, 1.82) is 0 Å². The highest BCUT2D eigenvalue weighted by molar-refractivity contribution is 7.99. The molecule has 0 aliphatic carbocycles. The molecule has 0 aliphatic rings. The lowest BCUT2D eigenvalue weighted by atomic mass is 10.3. The summed E-state index contributed by atoms with van der Waals surface area (Å²) in [7, 11) is -3.57. The largest absolute Gasteiger partial charge is 0.325 e. The highest BCUT2D eigenvalue weighted by Gasteiger charge is 2.21. The van der Waals surface area contributed by atoms with Crippen LogP contribution in [0.1, 0.15) is 13.8 Å². The molecule has 148 valence electrons. The first kappa shape index (κ1) is 20.4. The van der Waals surface area contributed by atoms with Crippen LogP contribution in [0, 0.1) is 0 Å². The molecule has 0 bridgehead atoms. The second-order valence-electron chi connectivity index (χ2n) is 5.99. The lowest BCUT2D eigenvalue weighted by Gasteiger charge is -2.18. The second-order valence-corrected chi connectivity index (χ2v) is 8.87. The van der Waals surface area contributed by atoms with Crippen molar-refractivity contribution < 1.29 is 13.2 Å². The van der Waals surface area contributed by atoms with Gasteiger partial charge in [-0.3, -0.25) is 9.20 Å². The minimum absolute atomic E-state index is 0.168. The third-order valence-corrected chi connectivity index (χ3v) is 7.21. The van der Waals surface area contributed by atoms with Crippen LogP contribution in [0.25, 0.3) is 5.52 Å². The van der Waals surface area contributed by atoms with E-state index < -0.39 is 10.0 Å². The van der Waals surface area contributed by atoms with Crippen molar-refractivity contribution >= 4 is 38.9 Å². The van der Waals surface area contributed by atoms with Crippen molar-refractivity contribution in [3.8, 4) is 0 Å². The molecule has 7 nitrogen and oxygen atoms in total. The zero-order valence-electron chi connectivity index (χ0n) is 15.7. The van der Waals surface area contributed by atoms with Gasteiger partial charge in [0.15, 0.2) is 5.16 Å². The second kappa shape index (κ2) is 8.76. The van der Waals surface area contributed by atoms with Crippen LogP contribution in [0.5, 0.6) is 0 Å². The van der Waals surface area contributed by atoms with Crippen molar-refractivity contribution in [2.75, 3.05) is 24.2 Å². The Morgan fingerprint density at radius 2 is 1.96 bits per heavy atom. The topological polar surface area (TPSA) is 83.8 Å². The number of hydrogen-bond donors (Lipinski definition) is 1. The van der Waals surface area contributed by atoms with E-state index in [0.717, 1.165) is 10.7 Å². The molecule has 0 spiro atoms. The summed E-state index contributed by atoms with van der Waals surface area (Å²) in [5.74, 6) is -0.0591. The minimum Gasteiger partial charge on any atom is -0.325 e. The quantitative estimate of drug-likeness (QED) is 0.568. The monoisotopic (exact) mass is 418 g/mol. The third-order valence-electron chi connectivity index (χ3n) is 4.20. The number of amides is 1. The minimum atomic E-state index is -3.57. The van der Waals surface area contributed by atoms with Crippen LogP contribution in [-0.4, -0.2) is 46.9 Å². The molecule has 0 radical (unpaired) electrons. The zero-order chi connectivity index (χ0) is 20.1. The number of nitrogens with zero attached hydrogens (tertiary/aromatic N) is 3. The predicted octanol–water partition coefficient (Wildman–Crippen LogP) is 3.10. The molecule has 1 amide bonds. The molecule has 3 aromatic rings. The van der Waals surface area contributed by atoms with Gasteiger partial charge < -0.3 is 5.32 Å². The smallest absolute Gasteiger partial charge is 0.243 e. The van der Waals surface area contributed by atoms with E-state index in [2.05, 4.69) is 10.3 Å². The Kier molecular flexibility index (Phi) is 6.38. The number of aromatic nitrogens is 2. The molecule has 1 aromatic carbocycles. The van der Waals surface area contributed by atoms with Crippen molar-refractivity contribution in [3.05, 3.63) is 54.9 Å². The van der Waals surface area contributed by atoms with E-state index in [4.69, 9.17) is 0 Å². The molecule has 0 saturated carbocycles. The average Bonchev–Trinajstić information content (AvgIpc) is 3.10. The van der Waals surface area contributed by atoms with Crippen LogP contribution < -0.4 is 5.32 Å². The lowest BCUT2D eigenvalue weighted by molar-refractivity contribution is -0.113. The normalized spacial score (nSPS) is 11.8. The molecule has 0 saturated heterocycles. The van der Waals surface area contributed by atoms with Crippen molar-refractivity contribution in [2.45, 2.75) is 23.9 Å². The highest BCUT2D eigenvalue weighted by Crippen LogP contribution is 2.21. The van der Waals surface area contributed by atoms with Crippen LogP contribution in [0.15, 0.2) is 64.9 Å². The van der Waals surface area contributed by atoms with E-state index in [1.165, 1.54) is 28.2 Å². The summed E-state index contributed by atoms with van der Waals surface area (Å²) in [4.78, 5) is 16.8. The van der Waals surface area contributed by atoms with E-state index in [9.17, 15) is 13.2 Å². The van der Waals surface area contributed by atoms with Crippen molar-refractivity contribution in [1.82, 2.24) is 13.7 Å². The van der Waals surface area contributed by atoms with Crippen LogP contribution >= 0.6 is 11.8 Å². The van der Waals surface area contributed by atoms with E-state index in [0.29, 0.717) is 18.8 Å². The third kappa shape index (κ3) is 4.37. The van der Waals surface area contributed by atoms with Gasteiger partial charge in [-0.15, -0.1) is 0 Å². The van der Waals surface area contributed by atoms with E-state index in [1.54, 1.807) is 32.2 Å². The van der Waals surface area contributed by atoms with Crippen molar-refractivity contribution in [2.24, 2.45) is 0 Å². The number of carbonyl (C=O) groups is 1. The van der Waals surface area contributed by atoms with E-state index in [1.807, 2.05) is 28.8 Å². The molecule has 3 rings (SSSR count). The number of benzene rings is 1. The van der Waals surface area contributed by atoms with Crippen LogP contribution in [0.2, 0.25) is 0 Å². The van der Waals surface area contributed by atoms with Crippen LogP contribution in [0.3, 0.4) is 0 Å². The van der Waals surface area contributed by atoms with Gasteiger partial charge in [0.2, 0.25) is 15.9 Å². The molecule has 1 N–H and O–H groups in total. The van der Waals surface area contributed by atoms with Gasteiger partial charge in [0.1, 0.15) is 0 Å². The molecule has 0 unspecified atom stereocenters. The van der Waals surface area contributed by atoms with Gasteiger partial charge in [-0.05, 0) is 30.3 Å². The summed E-state index contributed by atoms with van der Waals surface area (Å²) >= 11 is 1.32. The van der Waals surface area contributed by atoms with Gasteiger partial charge in [-0.25, -0.2) is 13.4 Å². The SMILES string of the molecule is CCN(CC)S(=O)(=O)c1cccc(NC(=O)CSc2ncc3ccccn23)c1. The maximum absolute atomic E-state index is 12.6. The first-order chi connectivity index (χ1) is 13.5. The van der Waals surface area contributed by atoms with Gasteiger partial charge in [0, 0.05) is 25.0 Å². The number of imidazole rings is 1. The Labute approximate surface area is 168 Å².